The zero-order valence-electron chi connectivity index (χ0n) is 12.7. The summed E-state index contributed by atoms with van der Waals surface area (Å²) in [6, 6.07) is 16.2. The average Bonchev–Trinajstić information content (AvgIpc) is 2.96. The summed E-state index contributed by atoms with van der Waals surface area (Å²) in [6.07, 6.45) is -0.152. The highest BCUT2D eigenvalue weighted by molar-refractivity contribution is 5.36. The van der Waals surface area contributed by atoms with Gasteiger partial charge in [-0.1, -0.05) is 24.3 Å². The van der Waals surface area contributed by atoms with E-state index in [0.29, 0.717) is 0 Å². The molecule has 22 heavy (non-hydrogen) atoms. The van der Waals surface area contributed by atoms with Crippen molar-refractivity contribution in [3.05, 3.63) is 59.7 Å². The monoisotopic (exact) mass is 299 g/mol. The maximum absolute atomic E-state index is 6.24. The number of hydrogen-bond donors (Lipinski definition) is 3. The molecule has 0 radical (unpaired) electrons. The first-order valence-corrected chi connectivity index (χ1v) is 7.27. The number of rotatable bonds is 4. The molecule has 2 aromatic rings. The van der Waals surface area contributed by atoms with Gasteiger partial charge >= 0.3 is 0 Å². The van der Waals surface area contributed by atoms with Crippen LogP contribution in [0, 0.1) is 0 Å². The zero-order chi connectivity index (χ0) is 15.5. The molecule has 1 aliphatic rings. The van der Waals surface area contributed by atoms with Crippen LogP contribution in [0.3, 0.4) is 0 Å². The number of methoxy groups -OCH3 is 2. The van der Waals surface area contributed by atoms with Gasteiger partial charge < -0.3 is 15.2 Å². The van der Waals surface area contributed by atoms with Gasteiger partial charge in [0.1, 0.15) is 11.5 Å². The van der Waals surface area contributed by atoms with Gasteiger partial charge in [-0.15, -0.1) is 0 Å². The fraction of sp³-hybridized carbons (Fsp3) is 0.294. The number of hydrazine groups is 1. The van der Waals surface area contributed by atoms with Gasteiger partial charge in [0.2, 0.25) is 0 Å². The van der Waals surface area contributed by atoms with Crippen LogP contribution in [0.5, 0.6) is 11.5 Å². The molecular formula is C17H21N3O2. The molecule has 0 saturated carbocycles. The second-order valence-corrected chi connectivity index (χ2v) is 5.36. The predicted octanol–water partition coefficient (Wildman–Crippen LogP) is 1.92. The summed E-state index contributed by atoms with van der Waals surface area (Å²) in [5.41, 5.74) is 15.0. The van der Waals surface area contributed by atoms with Crippen LogP contribution in [0.25, 0.3) is 0 Å². The minimum Gasteiger partial charge on any atom is -0.497 e. The molecule has 5 heteroatoms. The number of nitrogens with one attached hydrogen (secondary N) is 2. The summed E-state index contributed by atoms with van der Waals surface area (Å²) in [5.74, 6) is 1.83. The van der Waals surface area contributed by atoms with Crippen LogP contribution in [-0.2, 0) is 0 Å². The van der Waals surface area contributed by atoms with E-state index >= 15 is 0 Å². The first kappa shape index (κ1) is 14.8. The topological polar surface area (TPSA) is 68.5 Å². The summed E-state index contributed by atoms with van der Waals surface area (Å²) >= 11 is 0. The largest absolute Gasteiger partial charge is 0.497 e. The molecule has 5 nitrogen and oxygen atoms in total. The van der Waals surface area contributed by atoms with E-state index < -0.39 is 0 Å². The van der Waals surface area contributed by atoms with E-state index in [1.54, 1.807) is 14.2 Å². The van der Waals surface area contributed by atoms with Gasteiger partial charge in [-0.25, -0.2) is 10.9 Å². The van der Waals surface area contributed by atoms with Crippen LogP contribution in [0.1, 0.15) is 23.1 Å². The molecule has 3 atom stereocenters. The highest BCUT2D eigenvalue weighted by Crippen LogP contribution is 2.36. The van der Waals surface area contributed by atoms with Crippen LogP contribution in [-0.4, -0.2) is 20.4 Å². The molecule has 0 amide bonds. The molecule has 4 N–H and O–H groups in total. The molecule has 1 saturated heterocycles. The lowest BCUT2D eigenvalue weighted by Gasteiger charge is -2.22. The van der Waals surface area contributed by atoms with Gasteiger partial charge in [0.25, 0.3) is 0 Å². The van der Waals surface area contributed by atoms with Crippen molar-refractivity contribution in [1.29, 1.82) is 0 Å². The van der Waals surface area contributed by atoms with Crippen molar-refractivity contribution < 1.29 is 9.47 Å². The molecule has 1 heterocycles. The van der Waals surface area contributed by atoms with E-state index in [4.69, 9.17) is 15.2 Å². The van der Waals surface area contributed by atoms with Gasteiger partial charge in [0, 0.05) is 5.92 Å². The van der Waals surface area contributed by atoms with Crippen LogP contribution < -0.4 is 26.1 Å². The predicted molar refractivity (Wildman–Crippen MR) is 85.7 cm³/mol. The van der Waals surface area contributed by atoms with E-state index in [2.05, 4.69) is 35.1 Å². The van der Waals surface area contributed by atoms with Gasteiger partial charge in [-0.2, -0.15) is 0 Å². The number of benzene rings is 2. The van der Waals surface area contributed by atoms with Crippen LogP contribution in [0.2, 0.25) is 0 Å². The summed E-state index contributed by atoms with van der Waals surface area (Å²) in [6.45, 7) is 0. The molecular weight excluding hydrogens is 278 g/mol. The second kappa shape index (κ2) is 6.36. The summed E-state index contributed by atoms with van der Waals surface area (Å²) < 4.78 is 10.4. The smallest absolute Gasteiger partial charge is 0.118 e. The third-order valence-electron chi connectivity index (χ3n) is 4.13. The van der Waals surface area contributed by atoms with Crippen LogP contribution >= 0.6 is 0 Å². The van der Waals surface area contributed by atoms with Crippen molar-refractivity contribution in [3.8, 4) is 11.5 Å². The SMILES string of the molecule is COc1ccc(C2NNC(N)C2c2ccc(OC)cc2)cc1. The lowest BCUT2D eigenvalue weighted by atomic mass is 9.87. The number of hydrogen-bond acceptors (Lipinski definition) is 5. The Hall–Kier alpha value is -2.08. The standard InChI is InChI=1S/C17H21N3O2/c1-21-13-7-3-11(4-8-13)15-16(19-20-17(15)18)12-5-9-14(22-2)10-6-12/h3-10,15-17,19-20H,18H2,1-2H3. The van der Waals surface area contributed by atoms with Crippen molar-refractivity contribution in [2.45, 2.75) is 18.1 Å². The minimum atomic E-state index is -0.152. The Balaban J connectivity index is 1.88. The maximum Gasteiger partial charge on any atom is 0.118 e. The van der Waals surface area contributed by atoms with E-state index in [1.807, 2.05) is 24.3 Å². The van der Waals surface area contributed by atoms with E-state index in [-0.39, 0.29) is 18.1 Å². The Bertz CT molecular complexity index is 613. The third-order valence-corrected chi connectivity index (χ3v) is 4.13. The fourth-order valence-corrected chi connectivity index (χ4v) is 2.90. The number of ether oxygens (including phenoxy) is 2. The highest BCUT2D eigenvalue weighted by Gasteiger charge is 2.35. The molecule has 0 bridgehead atoms. The summed E-state index contributed by atoms with van der Waals surface area (Å²) in [7, 11) is 3.33. The first-order chi connectivity index (χ1) is 10.7. The molecule has 0 aliphatic carbocycles. The van der Waals surface area contributed by atoms with Crippen LogP contribution in [0.4, 0.5) is 0 Å². The first-order valence-electron chi connectivity index (χ1n) is 7.27. The Labute approximate surface area is 130 Å². The fourth-order valence-electron chi connectivity index (χ4n) is 2.90. The minimum absolute atomic E-state index is 0.106. The molecule has 116 valence electrons. The van der Waals surface area contributed by atoms with Gasteiger partial charge in [0.15, 0.2) is 0 Å². The Morgan fingerprint density at radius 1 is 0.773 bits per heavy atom. The van der Waals surface area contributed by atoms with Gasteiger partial charge in [0.05, 0.1) is 26.4 Å². The van der Waals surface area contributed by atoms with Crippen LogP contribution in [0.15, 0.2) is 48.5 Å². The molecule has 1 fully saturated rings. The normalized spacial score (nSPS) is 24.2. The number of nitrogens with two attached hydrogens (primary N) is 1. The molecule has 3 unspecified atom stereocenters. The zero-order valence-corrected chi connectivity index (χ0v) is 12.7. The second-order valence-electron chi connectivity index (χ2n) is 5.36. The molecule has 2 aromatic carbocycles. The highest BCUT2D eigenvalue weighted by atomic mass is 16.5. The summed E-state index contributed by atoms with van der Waals surface area (Å²) in [4.78, 5) is 0. The van der Waals surface area contributed by atoms with Crippen molar-refractivity contribution in [2.75, 3.05) is 14.2 Å². The Kier molecular flexibility index (Phi) is 4.29. The van der Waals surface area contributed by atoms with Crippen molar-refractivity contribution in [3.63, 3.8) is 0 Å². The van der Waals surface area contributed by atoms with Crippen molar-refractivity contribution in [1.82, 2.24) is 10.9 Å². The maximum atomic E-state index is 6.24. The lowest BCUT2D eigenvalue weighted by Crippen LogP contribution is -2.38. The Morgan fingerprint density at radius 3 is 1.77 bits per heavy atom. The van der Waals surface area contributed by atoms with E-state index in [0.717, 1.165) is 11.5 Å². The van der Waals surface area contributed by atoms with E-state index in [1.165, 1.54) is 11.1 Å². The summed E-state index contributed by atoms with van der Waals surface area (Å²) in [5, 5.41) is 0. The molecule has 1 aliphatic heterocycles. The molecule has 0 spiro atoms. The molecule has 3 rings (SSSR count). The van der Waals surface area contributed by atoms with E-state index in [9.17, 15) is 0 Å². The van der Waals surface area contributed by atoms with Gasteiger partial charge in [-0.05, 0) is 35.4 Å². The van der Waals surface area contributed by atoms with Crippen molar-refractivity contribution in [2.24, 2.45) is 5.73 Å². The average molecular weight is 299 g/mol. The van der Waals surface area contributed by atoms with Gasteiger partial charge in [-0.3, -0.25) is 0 Å². The van der Waals surface area contributed by atoms with Crippen molar-refractivity contribution >= 4 is 0 Å². The Morgan fingerprint density at radius 2 is 1.27 bits per heavy atom. The molecule has 0 aromatic heterocycles. The quantitative estimate of drug-likeness (QED) is 0.805. The third kappa shape index (κ3) is 2.78. The lowest BCUT2D eigenvalue weighted by molar-refractivity contribution is 0.413.